The molecule has 0 amide bonds. The molecule has 0 aliphatic rings. The van der Waals surface area contributed by atoms with Crippen LogP contribution in [0.25, 0.3) is 20.2 Å². The zero-order valence-electron chi connectivity index (χ0n) is 14.3. The summed E-state index contributed by atoms with van der Waals surface area (Å²) in [5.41, 5.74) is 0.0402. The van der Waals surface area contributed by atoms with E-state index < -0.39 is 0 Å². The van der Waals surface area contributed by atoms with Crippen LogP contribution in [-0.2, 0) is 9.53 Å². The topological polar surface area (TPSA) is 52.6 Å². The third kappa shape index (κ3) is 3.82. The van der Waals surface area contributed by atoms with Gasteiger partial charge in [0.15, 0.2) is 5.43 Å². The Morgan fingerprint density at radius 1 is 1.08 bits per heavy atom. The van der Waals surface area contributed by atoms with Gasteiger partial charge in [0.1, 0.15) is 19.0 Å². The van der Waals surface area contributed by atoms with E-state index in [-0.39, 0.29) is 30.5 Å². The molecule has 25 heavy (non-hydrogen) atoms. The van der Waals surface area contributed by atoms with Crippen molar-refractivity contribution in [2.45, 2.75) is 20.3 Å². The normalized spacial score (nSPS) is 12.2. The largest absolute Gasteiger partial charge is 0.490 e. The fourth-order valence-electron chi connectivity index (χ4n) is 2.48. The summed E-state index contributed by atoms with van der Waals surface area (Å²) in [6.45, 7) is 4.30. The first-order chi connectivity index (χ1) is 12.1. The van der Waals surface area contributed by atoms with Crippen molar-refractivity contribution in [3.05, 3.63) is 52.7 Å². The fraction of sp³-hybridized carbons (Fsp3) is 0.300. The van der Waals surface area contributed by atoms with Crippen LogP contribution in [0.4, 0.5) is 0 Å². The number of esters is 1. The molecule has 1 atom stereocenters. The highest BCUT2D eigenvalue weighted by atomic mass is 32.1. The van der Waals surface area contributed by atoms with Crippen molar-refractivity contribution in [2.24, 2.45) is 5.92 Å². The first-order valence-corrected chi connectivity index (χ1v) is 9.17. The fourth-order valence-corrected chi connectivity index (χ4v) is 3.58. The van der Waals surface area contributed by atoms with Crippen LogP contribution in [0.3, 0.4) is 0 Å². The maximum atomic E-state index is 12.5. The van der Waals surface area contributed by atoms with Crippen molar-refractivity contribution < 1.29 is 14.3 Å². The van der Waals surface area contributed by atoms with Gasteiger partial charge in [0, 0.05) is 20.2 Å². The first kappa shape index (κ1) is 17.4. The van der Waals surface area contributed by atoms with Gasteiger partial charge in [0.2, 0.25) is 0 Å². The Morgan fingerprint density at radius 3 is 2.64 bits per heavy atom. The molecule has 2 aromatic carbocycles. The molecule has 0 aliphatic carbocycles. The van der Waals surface area contributed by atoms with Crippen LogP contribution in [0, 0.1) is 5.92 Å². The van der Waals surface area contributed by atoms with Gasteiger partial charge in [-0.05, 0) is 36.8 Å². The molecule has 4 nitrogen and oxygen atoms in total. The monoisotopic (exact) mass is 356 g/mol. The average molecular weight is 356 g/mol. The molecule has 0 aliphatic heterocycles. The Hall–Kier alpha value is -2.40. The molecule has 1 aromatic heterocycles. The minimum absolute atomic E-state index is 0.0402. The van der Waals surface area contributed by atoms with Crippen molar-refractivity contribution >= 4 is 37.5 Å². The van der Waals surface area contributed by atoms with E-state index in [1.165, 1.54) is 0 Å². The number of benzene rings is 2. The van der Waals surface area contributed by atoms with Crippen LogP contribution in [0.5, 0.6) is 5.75 Å². The number of fused-ring (bicyclic) bond motifs is 2. The lowest BCUT2D eigenvalue weighted by Crippen LogP contribution is -2.17. The molecule has 0 spiro atoms. The lowest BCUT2D eigenvalue weighted by molar-refractivity contribution is -0.148. The van der Waals surface area contributed by atoms with Gasteiger partial charge in [-0.15, -0.1) is 11.3 Å². The zero-order valence-corrected chi connectivity index (χ0v) is 15.1. The van der Waals surface area contributed by atoms with E-state index >= 15 is 0 Å². The van der Waals surface area contributed by atoms with Gasteiger partial charge < -0.3 is 9.47 Å². The molecule has 5 heteroatoms. The minimum atomic E-state index is -0.200. The zero-order chi connectivity index (χ0) is 17.8. The summed E-state index contributed by atoms with van der Waals surface area (Å²) in [5.74, 6) is 0.374. The highest BCUT2D eigenvalue weighted by Gasteiger charge is 2.11. The quantitative estimate of drug-likeness (QED) is 0.374. The standard InChI is InChI=1S/C20H20O4S/c1-3-13(2)20(22)24-11-10-23-14-8-9-16-18(12-14)25-17-7-5-4-6-15(17)19(16)21/h4-9,12-13H,3,10-11H2,1-2H3. The summed E-state index contributed by atoms with van der Waals surface area (Å²) < 4.78 is 12.7. The van der Waals surface area contributed by atoms with E-state index in [1.807, 2.05) is 44.2 Å². The summed E-state index contributed by atoms with van der Waals surface area (Å²) in [5, 5.41) is 1.44. The molecule has 0 radical (unpaired) electrons. The van der Waals surface area contributed by atoms with E-state index in [0.29, 0.717) is 11.1 Å². The molecule has 0 N–H and O–H groups in total. The summed E-state index contributed by atoms with van der Waals surface area (Å²) in [6.07, 6.45) is 0.761. The lowest BCUT2D eigenvalue weighted by Gasteiger charge is -2.10. The van der Waals surface area contributed by atoms with Crippen LogP contribution in [0.1, 0.15) is 20.3 Å². The van der Waals surface area contributed by atoms with Crippen molar-refractivity contribution in [1.29, 1.82) is 0 Å². The van der Waals surface area contributed by atoms with Crippen LogP contribution < -0.4 is 10.2 Å². The molecule has 130 valence electrons. The van der Waals surface area contributed by atoms with Gasteiger partial charge in [-0.1, -0.05) is 26.0 Å². The second kappa shape index (κ2) is 7.66. The molecule has 0 saturated heterocycles. The molecule has 1 heterocycles. The maximum absolute atomic E-state index is 12.5. The highest BCUT2D eigenvalue weighted by Crippen LogP contribution is 2.27. The number of hydrogen-bond donors (Lipinski definition) is 0. The lowest BCUT2D eigenvalue weighted by atomic mass is 10.1. The number of ether oxygens (including phenoxy) is 2. The molecule has 0 fully saturated rings. The minimum Gasteiger partial charge on any atom is -0.490 e. The molecular formula is C20H20O4S. The number of rotatable bonds is 6. The highest BCUT2D eigenvalue weighted by molar-refractivity contribution is 7.24. The molecular weight excluding hydrogens is 336 g/mol. The number of hydrogen-bond acceptors (Lipinski definition) is 5. The molecule has 0 saturated carbocycles. The Labute approximate surface area is 150 Å². The van der Waals surface area contributed by atoms with Gasteiger partial charge in [-0.2, -0.15) is 0 Å². The number of carbonyl (C=O) groups excluding carboxylic acids is 1. The van der Waals surface area contributed by atoms with Crippen molar-refractivity contribution in [3.63, 3.8) is 0 Å². The van der Waals surface area contributed by atoms with Crippen LogP contribution in [0.2, 0.25) is 0 Å². The third-order valence-corrected chi connectivity index (χ3v) is 5.29. The first-order valence-electron chi connectivity index (χ1n) is 8.35. The predicted molar refractivity (Wildman–Crippen MR) is 102 cm³/mol. The SMILES string of the molecule is CCC(C)C(=O)OCCOc1ccc2c(=O)c3ccccc3sc2c1. The van der Waals surface area contributed by atoms with Gasteiger partial charge in [0.25, 0.3) is 0 Å². The Morgan fingerprint density at radius 2 is 1.84 bits per heavy atom. The Balaban J connectivity index is 1.72. The van der Waals surface area contributed by atoms with Crippen molar-refractivity contribution in [3.8, 4) is 5.75 Å². The second-order valence-electron chi connectivity index (χ2n) is 5.91. The second-order valence-corrected chi connectivity index (χ2v) is 6.99. The molecule has 3 aromatic rings. The summed E-state index contributed by atoms with van der Waals surface area (Å²) >= 11 is 1.57. The number of carbonyl (C=O) groups is 1. The smallest absolute Gasteiger partial charge is 0.308 e. The third-order valence-electron chi connectivity index (χ3n) is 4.16. The van der Waals surface area contributed by atoms with E-state index in [1.54, 1.807) is 23.5 Å². The summed E-state index contributed by atoms with van der Waals surface area (Å²) in [6, 6.07) is 13.0. The van der Waals surface area contributed by atoms with Gasteiger partial charge >= 0.3 is 5.97 Å². The van der Waals surface area contributed by atoms with Crippen LogP contribution in [-0.4, -0.2) is 19.2 Å². The predicted octanol–water partition coefficient (Wildman–Crippen LogP) is 4.38. The van der Waals surface area contributed by atoms with Gasteiger partial charge in [-0.3, -0.25) is 9.59 Å². The van der Waals surface area contributed by atoms with E-state index in [0.717, 1.165) is 21.2 Å². The van der Waals surface area contributed by atoms with Crippen LogP contribution >= 0.6 is 11.3 Å². The van der Waals surface area contributed by atoms with Crippen LogP contribution in [0.15, 0.2) is 47.3 Å². The van der Waals surface area contributed by atoms with Crippen molar-refractivity contribution in [2.75, 3.05) is 13.2 Å². The average Bonchev–Trinajstić information content (AvgIpc) is 2.64. The molecule has 0 bridgehead atoms. The maximum Gasteiger partial charge on any atom is 0.308 e. The summed E-state index contributed by atoms with van der Waals surface area (Å²) in [4.78, 5) is 24.1. The van der Waals surface area contributed by atoms with Crippen molar-refractivity contribution in [1.82, 2.24) is 0 Å². The van der Waals surface area contributed by atoms with Gasteiger partial charge in [0.05, 0.1) is 5.92 Å². The summed E-state index contributed by atoms with van der Waals surface area (Å²) in [7, 11) is 0. The van der Waals surface area contributed by atoms with E-state index in [4.69, 9.17) is 9.47 Å². The molecule has 3 rings (SSSR count). The Bertz CT molecular complexity index is 961. The molecule has 1 unspecified atom stereocenters. The Kier molecular flexibility index (Phi) is 5.34. The van der Waals surface area contributed by atoms with E-state index in [2.05, 4.69) is 0 Å². The van der Waals surface area contributed by atoms with E-state index in [9.17, 15) is 9.59 Å². The van der Waals surface area contributed by atoms with Gasteiger partial charge in [-0.25, -0.2) is 0 Å².